The van der Waals surface area contributed by atoms with E-state index >= 15 is 0 Å². The second-order valence-corrected chi connectivity index (χ2v) is 8.30. The Morgan fingerprint density at radius 2 is 1.93 bits per heavy atom. The normalized spacial score (nSPS) is 28.6. The molecule has 3 atom stereocenters. The predicted octanol–water partition coefficient (Wildman–Crippen LogP) is 1.58. The molecule has 3 unspecified atom stereocenters. The zero-order valence-corrected chi connectivity index (χ0v) is 16.0. The van der Waals surface area contributed by atoms with E-state index in [-0.39, 0.29) is 23.9 Å². The summed E-state index contributed by atoms with van der Waals surface area (Å²) < 4.78 is 0. The van der Waals surface area contributed by atoms with Crippen LogP contribution in [0.2, 0.25) is 0 Å². The minimum atomic E-state index is -0.704. The van der Waals surface area contributed by atoms with Crippen molar-refractivity contribution >= 4 is 11.9 Å². The molecule has 0 spiro atoms. The van der Waals surface area contributed by atoms with Gasteiger partial charge in [-0.2, -0.15) is 0 Å². The number of carboxylic acid groups (broad SMARTS) is 1. The van der Waals surface area contributed by atoms with Crippen molar-refractivity contribution in [3.05, 3.63) is 35.4 Å². The number of aryl methyl sites for hydroxylation is 1. The van der Waals surface area contributed by atoms with Crippen LogP contribution in [0.5, 0.6) is 0 Å². The predicted molar refractivity (Wildman–Crippen MR) is 102 cm³/mol. The zero-order valence-electron chi connectivity index (χ0n) is 16.0. The maximum atomic E-state index is 12.8. The summed E-state index contributed by atoms with van der Waals surface area (Å²) in [6.45, 7) is 6.73. The molecule has 3 saturated heterocycles. The van der Waals surface area contributed by atoms with Gasteiger partial charge in [0, 0.05) is 44.8 Å². The molecule has 3 fully saturated rings. The number of fused-ring (bicyclic) bond motifs is 2. The van der Waals surface area contributed by atoms with Crippen LogP contribution in [0, 0.1) is 12.8 Å². The fourth-order valence-corrected chi connectivity index (χ4v) is 5.09. The van der Waals surface area contributed by atoms with Crippen molar-refractivity contribution in [2.24, 2.45) is 5.92 Å². The third kappa shape index (κ3) is 3.87. The monoisotopic (exact) mass is 371 g/mol. The van der Waals surface area contributed by atoms with Gasteiger partial charge in [-0.3, -0.25) is 19.4 Å². The minimum Gasteiger partial charge on any atom is -0.481 e. The molecule has 2 bridgehead atoms. The SMILES string of the molecule is Cc1cccc(CN2CCN(C(=O)CN3C4CCC3C(C(=O)O)C4)CC2)c1. The molecule has 146 valence electrons. The molecule has 6 heteroatoms. The number of nitrogens with zero attached hydrogens (tertiary/aromatic N) is 3. The van der Waals surface area contributed by atoms with Crippen molar-refractivity contribution in [2.75, 3.05) is 32.7 Å². The van der Waals surface area contributed by atoms with E-state index in [1.807, 2.05) is 4.90 Å². The Morgan fingerprint density at radius 3 is 2.59 bits per heavy atom. The topological polar surface area (TPSA) is 64.1 Å². The first kappa shape index (κ1) is 18.4. The number of hydrogen-bond acceptors (Lipinski definition) is 4. The first-order chi connectivity index (χ1) is 13.0. The molecule has 3 heterocycles. The van der Waals surface area contributed by atoms with Crippen molar-refractivity contribution in [3.8, 4) is 0 Å². The first-order valence-corrected chi connectivity index (χ1v) is 10.1. The quantitative estimate of drug-likeness (QED) is 0.851. The Labute approximate surface area is 160 Å². The van der Waals surface area contributed by atoms with Crippen molar-refractivity contribution < 1.29 is 14.7 Å². The highest BCUT2D eigenvalue weighted by Crippen LogP contribution is 2.41. The Balaban J connectivity index is 1.27. The van der Waals surface area contributed by atoms with E-state index in [1.165, 1.54) is 11.1 Å². The Bertz CT molecular complexity index is 714. The molecule has 1 amide bonds. The highest BCUT2D eigenvalue weighted by molar-refractivity contribution is 5.79. The van der Waals surface area contributed by atoms with Crippen LogP contribution in [0.15, 0.2) is 24.3 Å². The van der Waals surface area contributed by atoms with Gasteiger partial charge in [-0.1, -0.05) is 29.8 Å². The summed E-state index contributed by atoms with van der Waals surface area (Å²) in [7, 11) is 0. The van der Waals surface area contributed by atoms with E-state index in [0.29, 0.717) is 13.0 Å². The fraction of sp³-hybridized carbons (Fsp3) is 0.619. The molecule has 6 nitrogen and oxygen atoms in total. The van der Waals surface area contributed by atoms with Crippen LogP contribution in [0.3, 0.4) is 0 Å². The van der Waals surface area contributed by atoms with E-state index in [4.69, 9.17) is 0 Å². The molecule has 0 saturated carbocycles. The average molecular weight is 371 g/mol. The number of carbonyl (C=O) groups is 2. The molecule has 0 aliphatic carbocycles. The molecule has 4 rings (SSSR count). The van der Waals surface area contributed by atoms with Gasteiger partial charge in [0.05, 0.1) is 12.5 Å². The van der Waals surface area contributed by atoms with Crippen LogP contribution in [0.25, 0.3) is 0 Å². The Kier molecular flexibility index (Phi) is 5.19. The lowest BCUT2D eigenvalue weighted by Crippen LogP contribution is -2.51. The summed E-state index contributed by atoms with van der Waals surface area (Å²) in [5, 5.41) is 9.38. The highest BCUT2D eigenvalue weighted by atomic mass is 16.4. The number of hydrogen-bond donors (Lipinski definition) is 1. The van der Waals surface area contributed by atoms with E-state index in [0.717, 1.165) is 45.6 Å². The lowest BCUT2D eigenvalue weighted by molar-refractivity contribution is -0.143. The summed E-state index contributed by atoms with van der Waals surface area (Å²) in [6.07, 6.45) is 2.66. The molecule has 0 aromatic heterocycles. The second-order valence-electron chi connectivity index (χ2n) is 8.30. The van der Waals surface area contributed by atoms with Crippen LogP contribution in [-0.2, 0) is 16.1 Å². The molecule has 3 aliphatic rings. The molecular formula is C21H29N3O3. The third-order valence-electron chi connectivity index (χ3n) is 6.53. The smallest absolute Gasteiger partial charge is 0.308 e. The van der Waals surface area contributed by atoms with Gasteiger partial charge < -0.3 is 10.0 Å². The van der Waals surface area contributed by atoms with Gasteiger partial charge in [-0.15, -0.1) is 0 Å². The largest absolute Gasteiger partial charge is 0.481 e. The van der Waals surface area contributed by atoms with E-state index in [2.05, 4.69) is 41.0 Å². The zero-order chi connectivity index (χ0) is 19.0. The summed E-state index contributed by atoms with van der Waals surface area (Å²) in [4.78, 5) is 30.7. The van der Waals surface area contributed by atoms with Gasteiger partial charge in [0.15, 0.2) is 0 Å². The van der Waals surface area contributed by atoms with Gasteiger partial charge in [-0.25, -0.2) is 0 Å². The van der Waals surface area contributed by atoms with Crippen LogP contribution in [0.1, 0.15) is 30.4 Å². The number of rotatable bonds is 5. The van der Waals surface area contributed by atoms with Gasteiger partial charge in [0.25, 0.3) is 0 Å². The van der Waals surface area contributed by atoms with Crippen molar-refractivity contribution in [2.45, 2.75) is 44.8 Å². The maximum Gasteiger partial charge on any atom is 0.308 e. The number of benzene rings is 1. The number of carboxylic acids is 1. The van der Waals surface area contributed by atoms with Crippen molar-refractivity contribution in [1.82, 2.24) is 14.7 Å². The maximum absolute atomic E-state index is 12.8. The van der Waals surface area contributed by atoms with Crippen LogP contribution in [0.4, 0.5) is 0 Å². The van der Waals surface area contributed by atoms with Gasteiger partial charge in [0.1, 0.15) is 0 Å². The molecule has 1 aromatic rings. The molecule has 1 N–H and O–H groups in total. The highest BCUT2D eigenvalue weighted by Gasteiger charge is 2.49. The van der Waals surface area contributed by atoms with Crippen LogP contribution < -0.4 is 0 Å². The molecular weight excluding hydrogens is 342 g/mol. The van der Waals surface area contributed by atoms with Gasteiger partial charge >= 0.3 is 5.97 Å². The third-order valence-corrected chi connectivity index (χ3v) is 6.53. The lowest BCUT2D eigenvalue weighted by Gasteiger charge is -2.36. The molecule has 27 heavy (non-hydrogen) atoms. The fourth-order valence-electron chi connectivity index (χ4n) is 5.09. The van der Waals surface area contributed by atoms with Gasteiger partial charge in [0.2, 0.25) is 5.91 Å². The summed E-state index contributed by atoms with van der Waals surface area (Å²) in [5.74, 6) is -0.833. The first-order valence-electron chi connectivity index (χ1n) is 10.1. The summed E-state index contributed by atoms with van der Waals surface area (Å²) >= 11 is 0. The number of amides is 1. The summed E-state index contributed by atoms with van der Waals surface area (Å²) in [6, 6.07) is 8.92. The Hall–Kier alpha value is -1.92. The van der Waals surface area contributed by atoms with Gasteiger partial charge in [-0.05, 0) is 31.7 Å². The minimum absolute atomic E-state index is 0.0547. The average Bonchev–Trinajstić information content (AvgIpc) is 3.19. The number of aliphatic carboxylic acids is 1. The van der Waals surface area contributed by atoms with E-state index < -0.39 is 5.97 Å². The van der Waals surface area contributed by atoms with E-state index in [9.17, 15) is 14.7 Å². The molecule has 1 aromatic carbocycles. The molecule has 3 aliphatic heterocycles. The number of piperazine rings is 1. The van der Waals surface area contributed by atoms with Crippen LogP contribution >= 0.6 is 0 Å². The lowest BCUT2D eigenvalue weighted by atomic mass is 9.89. The van der Waals surface area contributed by atoms with Crippen molar-refractivity contribution in [3.63, 3.8) is 0 Å². The standard InChI is InChI=1S/C21H29N3O3/c1-15-3-2-4-16(11-15)13-22-7-9-23(10-8-22)20(25)14-24-17-5-6-19(24)18(12-17)21(26)27/h2-4,11,17-19H,5-10,12-14H2,1H3,(H,26,27). The second kappa shape index (κ2) is 7.60. The van der Waals surface area contributed by atoms with Crippen LogP contribution in [-0.4, -0.2) is 76.5 Å². The van der Waals surface area contributed by atoms with E-state index in [1.54, 1.807) is 0 Å². The number of carbonyl (C=O) groups excluding carboxylic acids is 1. The Morgan fingerprint density at radius 1 is 1.15 bits per heavy atom. The van der Waals surface area contributed by atoms with Crippen molar-refractivity contribution in [1.29, 1.82) is 0 Å². The summed E-state index contributed by atoms with van der Waals surface area (Å²) in [5.41, 5.74) is 2.60. The molecule has 0 radical (unpaired) electrons.